The van der Waals surface area contributed by atoms with Crippen molar-refractivity contribution in [2.24, 2.45) is 0 Å². The highest BCUT2D eigenvalue weighted by molar-refractivity contribution is 3.44. The topological polar surface area (TPSA) is 32.1 Å². The molecule has 0 atom stereocenters. The van der Waals surface area contributed by atoms with Crippen molar-refractivity contribution in [3.8, 4) is 0 Å². The van der Waals surface area contributed by atoms with Crippen LogP contribution in [0.4, 0.5) is 0 Å². The Morgan fingerprint density at radius 3 is 1.14 bits per heavy atom. The van der Waals surface area contributed by atoms with E-state index < -0.39 is 0 Å². The molecule has 0 saturated heterocycles. The van der Waals surface area contributed by atoms with Crippen LogP contribution in [0, 0.1) is 0 Å². The lowest BCUT2D eigenvalue weighted by Crippen LogP contribution is -3.08. The van der Waals surface area contributed by atoms with Gasteiger partial charge in [-0.05, 0) is 0 Å². The van der Waals surface area contributed by atoms with Crippen LogP contribution in [0.2, 0.25) is 0 Å². The molecule has 0 aliphatic carbocycles. The summed E-state index contributed by atoms with van der Waals surface area (Å²) in [6.07, 6.45) is 0. The molecule has 44 valence electrons. The van der Waals surface area contributed by atoms with Crippen molar-refractivity contribution in [2.45, 2.75) is 0 Å². The van der Waals surface area contributed by atoms with Crippen LogP contribution in [0.5, 0.6) is 0 Å². The summed E-state index contributed by atoms with van der Waals surface area (Å²) >= 11 is 0. The second kappa shape index (κ2) is 4.01. The fourth-order valence-electron chi connectivity index (χ4n) is 0.250. The van der Waals surface area contributed by atoms with E-state index in [0.29, 0.717) is 0 Å². The van der Waals surface area contributed by atoms with Crippen LogP contribution in [0.1, 0.15) is 0 Å². The summed E-state index contributed by atoms with van der Waals surface area (Å²) in [5, 5.41) is 0.181. The van der Waals surface area contributed by atoms with E-state index >= 15 is 0 Å². The van der Waals surface area contributed by atoms with Gasteiger partial charge in [-0.1, -0.05) is 0 Å². The predicted octanol–water partition coefficient (Wildman–Crippen LogP) is -1.44. The van der Waals surface area contributed by atoms with E-state index in [2.05, 4.69) is 14.5 Å². The molecule has 0 aliphatic heterocycles. The normalized spacial score (nSPS) is 10.3. The minimum atomic E-state index is 0.181. The summed E-state index contributed by atoms with van der Waals surface area (Å²) < 4.78 is 0. The first-order valence-electron chi connectivity index (χ1n) is 1.84. The van der Waals surface area contributed by atoms with E-state index in [1.165, 1.54) is 21.3 Å². The Morgan fingerprint density at radius 2 is 1.14 bits per heavy atom. The molecule has 4 nitrogen and oxygen atoms in total. The van der Waals surface area contributed by atoms with Gasteiger partial charge < -0.3 is 0 Å². The van der Waals surface area contributed by atoms with Gasteiger partial charge in [-0.15, -0.1) is 14.5 Å². The molecular formula is C3H10NO3+. The molecule has 0 aromatic heterocycles. The van der Waals surface area contributed by atoms with Gasteiger partial charge in [-0.3, -0.25) is 0 Å². The number of hydrogen-bond donors (Lipinski definition) is 1. The molecule has 0 heterocycles. The van der Waals surface area contributed by atoms with Crippen molar-refractivity contribution >= 4 is 0 Å². The van der Waals surface area contributed by atoms with Gasteiger partial charge in [-0.2, -0.15) is 0 Å². The van der Waals surface area contributed by atoms with Gasteiger partial charge in [-0.25, -0.2) is 0 Å². The van der Waals surface area contributed by atoms with Gasteiger partial charge >= 0.3 is 0 Å². The van der Waals surface area contributed by atoms with E-state index in [1.54, 1.807) is 0 Å². The number of quaternary nitrogens is 1. The quantitative estimate of drug-likeness (QED) is 0.449. The summed E-state index contributed by atoms with van der Waals surface area (Å²) in [5.41, 5.74) is 0. The molecule has 0 aromatic carbocycles. The zero-order valence-corrected chi connectivity index (χ0v) is 4.72. The Morgan fingerprint density at radius 1 is 0.857 bits per heavy atom. The SMILES string of the molecule is CO[NH+](OC)OC. The average molecular weight is 108 g/mol. The maximum absolute atomic E-state index is 4.52. The molecule has 1 N–H and O–H groups in total. The lowest BCUT2D eigenvalue weighted by Gasteiger charge is -2.03. The molecule has 0 fully saturated rings. The van der Waals surface area contributed by atoms with E-state index in [1.807, 2.05) is 0 Å². The summed E-state index contributed by atoms with van der Waals surface area (Å²) in [6.45, 7) is 0. The highest BCUT2D eigenvalue weighted by Gasteiger charge is 1.98. The average Bonchev–Trinajstić information content (AvgIpc) is 1.72. The van der Waals surface area contributed by atoms with Crippen LogP contribution in [-0.2, 0) is 14.5 Å². The van der Waals surface area contributed by atoms with Crippen LogP contribution in [0.15, 0.2) is 0 Å². The summed E-state index contributed by atoms with van der Waals surface area (Å²) in [4.78, 5) is 13.6. The van der Waals surface area contributed by atoms with Crippen LogP contribution in [0.3, 0.4) is 0 Å². The van der Waals surface area contributed by atoms with E-state index in [0.717, 1.165) is 0 Å². The van der Waals surface area contributed by atoms with E-state index in [4.69, 9.17) is 0 Å². The Kier molecular flexibility index (Phi) is 3.92. The minimum Gasteiger partial charge on any atom is -0.137 e. The van der Waals surface area contributed by atoms with Crippen molar-refractivity contribution in [3.63, 3.8) is 0 Å². The Bertz CT molecular complexity index is 31.7. The molecular weight excluding hydrogens is 98.0 g/mol. The molecule has 0 bridgehead atoms. The van der Waals surface area contributed by atoms with Gasteiger partial charge in [0.15, 0.2) is 0 Å². The fraction of sp³-hybridized carbons (Fsp3) is 1.00. The monoisotopic (exact) mass is 108 g/mol. The smallest absolute Gasteiger partial charge is 0.104 e. The highest BCUT2D eigenvalue weighted by Crippen LogP contribution is 1.43. The third-order valence-corrected chi connectivity index (χ3v) is 0.500. The molecule has 0 amide bonds. The van der Waals surface area contributed by atoms with Gasteiger partial charge in [0.1, 0.15) is 21.3 Å². The highest BCUT2D eigenvalue weighted by atomic mass is 17.2. The third-order valence-electron chi connectivity index (χ3n) is 0.500. The van der Waals surface area contributed by atoms with Crippen molar-refractivity contribution in [1.29, 1.82) is 0 Å². The Hall–Kier alpha value is -0.160. The standard InChI is InChI=1S/C3H10NO3/c1-5-4(6-2)7-3/h4H,1-3H3/q+1. The van der Waals surface area contributed by atoms with Gasteiger partial charge in [0.25, 0.3) is 0 Å². The second-order valence-corrected chi connectivity index (χ2v) is 0.862. The minimum absolute atomic E-state index is 0.181. The van der Waals surface area contributed by atoms with Crippen molar-refractivity contribution in [3.05, 3.63) is 0 Å². The molecule has 0 radical (unpaired) electrons. The maximum Gasteiger partial charge on any atom is 0.104 e. The van der Waals surface area contributed by atoms with Crippen LogP contribution >= 0.6 is 0 Å². The number of rotatable bonds is 3. The molecule has 4 heteroatoms. The first-order chi connectivity index (χ1) is 3.35. The van der Waals surface area contributed by atoms with E-state index in [-0.39, 0.29) is 5.39 Å². The van der Waals surface area contributed by atoms with Gasteiger partial charge in [0.05, 0.1) is 5.39 Å². The molecule has 0 rings (SSSR count). The maximum atomic E-state index is 4.52. The van der Waals surface area contributed by atoms with Crippen LogP contribution in [0.25, 0.3) is 0 Å². The van der Waals surface area contributed by atoms with Gasteiger partial charge in [0.2, 0.25) is 0 Å². The molecule has 0 aliphatic rings. The first kappa shape index (κ1) is 6.84. The predicted molar refractivity (Wildman–Crippen MR) is 22.0 cm³/mol. The number of hydrogen-bond acceptors (Lipinski definition) is 3. The first-order valence-corrected chi connectivity index (χ1v) is 1.84. The summed E-state index contributed by atoms with van der Waals surface area (Å²) in [6, 6.07) is 0. The Balaban J connectivity index is 2.99. The summed E-state index contributed by atoms with van der Waals surface area (Å²) in [5.74, 6) is 0. The van der Waals surface area contributed by atoms with Crippen LogP contribution < -0.4 is 5.39 Å². The van der Waals surface area contributed by atoms with Crippen molar-refractivity contribution < 1.29 is 19.9 Å². The van der Waals surface area contributed by atoms with Crippen molar-refractivity contribution in [1.82, 2.24) is 0 Å². The zero-order chi connectivity index (χ0) is 5.70. The zero-order valence-electron chi connectivity index (χ0n) is 4.72. The Labute approximate surface area is 42.4 Å². The third kappa shape index (κ3) is 2.52. The van der Waals surface area contributed by atoms with Gasteiger partial charge in [0, 0.05) is 0 Å². The second-order valence-electron chi connectivity index (χ2n) is 0.862. The largest absolute Gasteiger partial charge is 0.137 e. The molecule has 0 unspecified atom stereocenters. The number of nitrogens with one attached hydrogen (secondary N) is 1. The van der Waals surface area contributed by atoms with Crippen molar-refractivity contribution in [2.75, 3.05) is 21.3 Å². The van der Waals surface area contributed by atoms with E-state index in [9.17, 15) is 0 Å². The summed E-state index contributed by atoms with van der Waals surface area (Å²) in [7, 11) is 4.42. The lowest BCUT2D eigenvalue weighted by atomic mass is 11.7. The fourth-order valence-corrected chi connectivity index (χ4v) is 0.250. The van der Waals surface area contributed by atoms with Crippen LogP contribution in [-0.4, -0.2) is 21.3 Å². The lowest BCUT2D eigenvalue weighted by molar-refractivity contribution is -1.36. The molecule has 0 aromatic rings. The molecule has 0 spiro atoms. The molecule has 0 saturated carbocycles. The molecule has 7 heavy (non-hydrogen) atoms.